The molecule has 1 N–H and O–H groups in total. The highest BCUT2D eigenvalue weighted by Crippen LogP contribution is 2.37. The first-order valence-corrected chi connectivity index (χ1v) is 6.77. The van der Waals surface area contributed by atoms with E-state index < -0.39 is 0 Å². The molecular formula is C15H21NO. The summed E-state index contributed by atoms with van der Waals surface area (Å²) in [6.45, 7) is 5.50. The molecule has 92 valence electrons. The Morgan fingerprint density at radius 1 is 1.29 bits per heavy atom. The molecular weight excluding hydrogens is 210 g/mol. The van der Waals surface area contributed by atoms with Gasteiger partial charge in [-0.25, -0.2) is 0 Å². The van der Waals surface area contributed by atoms with Gasteiger partial charge >= 0.3 is 0 Å². The quantitative estimate of drug-likeness (QED) is 0.860. The minimum absolute atomic E-state index is 0.633. The van der Waals surface area contributed by atoms with Gasteiger partial charge in [-0.1, -0.05) is 25.1 Å². The third kappa shape index (κ3) is 2.47. The molecule has 3 rings (SSSR count). The number of hydrogen-bond acceptors (Lipinski definition) is 2. The molecule has 17 heavy (non-hydrogen) atoms. The Morgan fingerprint density at radius 3 is 2.94 bits per heavy atom. The number of nitrogens with one attached hydrogen (secondary N) is 1. The first-order chi connectivity index (χ1) is 8.34. The lowest BCUT2D eigenvalue weighted by molar-refractivity contribution is 0.264. The van der Waals surface area contributed by atoms with Crippen LogP contribution in [0.3, 0.4) is 0 Å². The van der Waals surface area contributed by atoms with E-state index in [4.69, 9.17) is 4.74 Å². The molecule has 3 unspecified atom stereocenters. The largest absolute Gasteiger partial charge is 0.493 e. The fourth-order valence-corrected chi connectivity index (χ4v) is 2.75. The third-order valence-electron chi connectivity index (χ3n) is 4.16. The molecule has 2 nitrogen and oxygen atoms in total. The van der Waals surface area contributed by atoms with Crippen molar-refractivity contribution in [1.29, 1.82) is 0 Å². The molecule has 2 aliphatic rings. The van der Waals surface area contributed by atoms with E-state index in [1.165, 1.54) is 18.5 Å². The lowest BCUT2D eigenvalue weighted by Gasteiger charge is -2.26. The van der Waals surface area contributed by atoms with Crippen molar-refractivity contribution in [2.24, 2.45) is 11.8 Å². The highest BCUT2D eigenvalue weighted by molar-refractivity contribution is 5.37. The zero-order valence-corrected chi connectivity index (χ0v) is 10.5. The molecule has 1 aromatic rings. The van der Waals surface area contributed by atoms with Crippen molar-refractivity contribution in [3.8, 4) is 5.75 Å². The predicted molar refractivity (Wildman–Crippen MR) is 69.4 cm³/mol. The van der Waals surface area contributed by atoms with Gasteiger partial charge in [0.05, 0.1) is 6.61 Å². The standard InChI is InChI=1S/C15H21NO/c1-11-8-13(11)10-16-9-12-6-7-17-15-5-3-2-4-14(12)15/h2-5,11-13,16H,6-10H2,1H3. The number of benzene rings is 1. The summed E-state index contributed by atoms with van der Waals surface area (Å²) in [5.41, 5.74) is 1.38. The highest BCUT2D eigenvalue weighted by Gasteiger charge is 2.32. The molecule has 1 saturated carbocycles. The lowest BCUT2D eigenvalue weighted by Crippen LogP contribution is -2.27. The summed E-state index contributed by atoms with van der Waals surface area (Å²) in [6.07, 6.45) is 2.56. The zero-order valence-electron chi connectivity index (χ0n) is 10.5. The molecule has 0 bridgehead atoms. The highest BCUT2D eigenvalue weighted by atomic mass is 16.5. The first-order valence-electron chi connectivity index (χ1n) is 6.77. The van der Waals surface area contributed by atoms with Crippen LogP contribution in [-0.4, -0.2) is 19.7 Å². The summed E-state index contributed by atoms with van der Waals surface area (Å²) in [4.78, 5) is 0. The lowest BCUT2D eigenvalue weighted by atomic mass is 9.93. The summed E-state index contributed by atoms with van der Waals surface area (Å²) < 4.78 is 5.68. The maximum absolute atomic E-state index is 5.68. The van der Waals surface area contributed by atoms with Gasteiger partial charge in [-0.2, -0.15) is 0 Å². The molecule has 0 aromatic heterocycles. The van der Waals surface area contributed by atoms with Crippen molar-refractivity contribution < 1.29 is 4.74 Å². The summed E-state index contributed by atoms with van der Waals surface area (Å²) in [5.74, 6) is 3.61. The molecule has 0 radical (unpaired) electrons. The normalized spacial score (nSPS) is 30.5. The Hall–Kier alpha value is -1.02. The molecule has 0 saturated heterocycles. The van der Waals surface area contributed by atoms with Crippen LogP contribution in [0.4, 0.5) is 0 Å². The molecule has 1 aromatic carbocycles. The molecule has 1 aliphatic carbocycles. The van der Waals surface area contributed by atoms with Crippen LogP contribution >= 0.6 is 0 Å². The minimum atomic E-state index is 0.633. The molecule has 1 fully saturated rings. The molecule has 2 heteroatoms. The van der Waals surface area contributed by atoms with E-state index in [1.54, 1.807) is 0 Å². The van der Waals surface area contributed by atoms with Crippen LogP contribution < -0.4 is 10.1 Å². The second kappa shape index (κ2) is 4.69. The van der Waals surface area contributed by atoms with Crippen molar-refractivity contribution in [3.05, 3.63) is 29.8 Å². The molecule has 3 atom stereocenters. The van der Waals surface area contributed by atoms with Gasteiger partial charge < -0.3 is 10.1 Å². The fourth-order valence-electron chi connectivity index (χ4n) is 2.75. The van der Waals surface area contributed by atoms with Gasteiger partial charge in [-0.15, -0.1) is 0 Å². The Bertz CT molecular complexity index is 390. The molecule has 1 aliphatic heterocycles. The van der Waals surface area contributed by atoms with Crippen LogP contribution in [-0.2, 0) is 0 Å². The topological polar surface area (TPSA) is 21.3 Å². The molecule has 0 amide bonds. The number of fused-ring (bicyclic) bond motifs is 1. The second-order valence-corrected chi connectivity index (χ2v) is 5.50. The van der Waals surface area contributed by atoms with Gasteiger partial charge in [0, 0.05) is 12.5 Å². The summed E-state index contributed by atoms with van der Waals surface area (Å²) in [7, 11) is 0. The Balaban J connectivity index is 1.57. The second-order valence-electron chi connectivity index (χ2n) is 5.50. The number of rotatable bonds is 4. The van der Waals surface area contributed by atoms with Crippen molar-refractivity contribution in [2.75, 3.05) is 19.7 Å². The smallest absolute Gasteiger partial charge is 0.122 e. The van der Waals surface area contributed by atoms with Crippen LogP contribution in [0, 0.1) is 11.8 Å². The Labute approximate surface area is 103 Å². The number of para-hydroxylation sites is 1. The van der Waals surface area contributed by atoms with E-state index in [1.807, 2.05) is 0 Å². The monoisotopic (exact) mass is 231 g/mol. The van der Waals surface area contributed by atoms with Crippen LogP contribution in [0.1, 0.15) is 31.2 Å². The van der Waals surface area contributed by atoms with Crippen LogP contribution in [0.5, 0.6) is 5.75 Å². The van der Waals surface area contributed by atoms with E-state index in [0.717, 1.165) is 37.2 Å². The van der Waals surface area contributed by atoms with Crippen molar-refractivity contribution in [1.82, 2.24) is 5.32 Å². The van der Waals surface area contributed by atoms with Crippen molar-refractivity contribution >= 4 is 0 Å². The maximum atomic E-state index is 5.68. The maximum Gasteiger partial charge on any atom is 0.122 e. The van der Waals surface area contributed by atoms with Crippen molar-refractivity contribution in [2.45, 2.75) is 25.7 Å². The predicted octanol–water partition coefficient (Wildman–Crippen LogP) is 2.80. The van der Waals surface area contributed by atoms with Gasteiger partial charge in [0.25, 0.3) is 0 Å². The van der Waals surface area contributed by atoms with Crippen LogP contribution in [0.15, 0.2) is 24.3 Å². The zero-order chi connectivity index (χ0) is 11.7. The number of ether oxygens (including phenoxy) is 1. The SMILES string of the molecule is CC1CC1CNCC1CCOc2ccccc21. The summed E-state index contributed by atoms with van der Waals surface area (Å²) in [6, 6.07) is 8.47. The van der Waals surface area contributed by atoms with Gasteiger partial charge in [0.2, 0.25) is 0 Å². The number of hydrogen-bond donors (Lipinski definition) is 1. The van der Waals surface area contributed by atoms with Gasteiger partial charge in [0.15, 0.2) is 0 Å². The Morgan fingerprint density at radius 2 is 2.12 bits per heavy atom. The Kier molecular flexibility index (Phi) is 3.06. The summed E-state index contributed by atoms with van der Waals surface area (Å²) >= 11 is 0. The van der Waals surface area contributed by atoms with Crippen molar-refractivity contribution in [3.63, 3.8) is 0 Å². The minimum Gasteiger partial charge on any atom is -0.493 e. The van der Waals surface area contributed by atoms with Crippen LogP contribution in [0.25, 0.3) is 0 Å². The van der Waals surface area contributed by atoms with E-state index in [0.29, 0.717) is 5.92 Å². The summed E-state index contributed by atoms with van der Waals surface area (Å²) in [5, 5.41) is 3.63. The van der Waals surface area contributed by atoms with Crippen LogP contribution in [0.2, 0.25) is 0 Å². The average molecular weight is 231 g/mol. The average Bonchev–Trinajstić information content (AvgIpc) is 3.06. The first kappa shape index (κ1) is 11.1. The van der Waals surface area contributed by atoms with Gasteiger partial charge in [-0.05, 0) is 42.9 Å². The van der Waals surface area contributed by atoms with E-state index in [-0.39, 0.29) is 0 Å². The van der Waals surface area contributed by atoms with E-state index >= 15 is 0 Å². The third-order valence-corrected chi connectivity index (χ3v) is 4.16. The molecule has 0 spiro atoms. The van der Waals surface area contributed by atoms with E-state index in [9.17, 15) is 0 Å². The van der Waals surface area contributed by atoms with E-state index in [2.05, 4.69) is 36.5 Å². The molecule has 1 heterocycles. The fraction of sp³-hybridized carbons (Fsp3) is 0.600. The van der Waals surface area contributed by atoms with Gasteiger partial charge in [0.1, 0.15) is 5.75 Å². The van der Waals surface area contributed by atoms with Gasteiger partial charge in [-0.3, -0.25) is 0 Å².